The average molecular weight is 386 g/mol. The van der Waals surface area contributed by atoms with Crippen molar-refractivity contribution in [2.24, 2.45) is 0 Å². The van der Waals surface area contributed by atoms with Gasteiger partial charge in [-0.05, 0) is 24.3 Å². The third kappa shape index (κ3) is 4.05. The summed E-state index contributed by atoms with van der Waals surface area (Å²) in [6.45, 7) is 3.85. The third-order valence-corrected chi connectivity index (χ3v) is 6.29. The van der Waals surface area contributed by atoms with Crippen LogP contribution in [-0.4, -0.2) is 32.3 Å². The molecule has 0 N–H and O–H groups in total. The summed E-state index contributed by atoms with van der Waals surface area (Å²) < 4.78 is 32.5. The number of hydrogen-bond donors (Lipinski definition) is 0. The van der Waals surface area contributed by atoms with Crippen molar-refractivity contribution in [1.82, 2.24) is 4.31 Å². The molecule has 0 spiro atoms. The molecule has 2 aromatic rings. The molecule has 1 aromatic carbocycles. The van der Waals surface area contributed by atoms with Gasteiger partial charge in [0.15, 0.2) is 0 Å². The van der Waals surface area contributed by atoms with Crippen LogP contribution in [0.1, 0.15) is 15.2 Å². The molecule has 0 saturated carbocycles. The smallest absolute Gasteiger partial charge is 0.339 e. The van der Waals surface area contributed by atoms with E-state index in [0.29, 0.717) is 4.34 Å². The van der Waals surface area contributed by atoms with E-state index in [1.54, 1.807) is 24.3 Å². The Balaban J connectivity index is 2.45. The van der Waals surface area contributed by atoms with Gasteiger partial charge in [0.05, 0.1) is 21.9 Å². The van der Waals surface area contributed by atoms with Gasteiger partial charge in [-0.25, -0.2) is 13.2 Å². The van der Waals surface area contributed by atoms with Crippen LogP contribution < -0.4 is 0 Å². The number of ether oxygens (including phenoxy) is 1. The van der Waals surface area contributed by atoms with E-state index in [1.165, 1.54) is 41.0 Å². The second-order valence-corrected chi connectivity index (χ2v) is 8.49. The third-order valence-electron chi connectivity index (χ3n) is 3.20. The summed E-state index contributed by atoms with van der Waals surface area (Å²) >= 11 is 7.21. The number of halogens is 1. The van der Waals surface area contributed by atoms with Crippen LogP contribution in [0.5, 0.6) is 0 Å². The number of methoxy groups -OCH3 is 1. The highest BCUT2D eigenvalue weighted by atomic mass is 35.5. The van der Waals surface area contributed by atoms with Gasteiger partial charge in [-0.15, -0.1) is 17.9 Å². The Bertz CT molecular complexity index is 845. The first-order valence-electron chi connectivity index (χ1n) is 6.92. The van der Waals surface area contributed by atoms with Gasteiger partial charge in [0.2, 0.25) is 10.0 Å². The molecule has 0 aliphatic rings. The Labute approximate surface area is 150 Å². The van der Waals surface area contributed by atoms with E-state index in [1.807, 2.05) is 0 Å². The second-order valence-electron chi connectivity index (χ2n) is 4.78. The minimum absolute atomic E-state index is 0.00160. The molecule has 0 aliphatic heterocycles. The minimum atomic E-state index is -3.91. The number of thiophene rings is 1. The zero-order valence-electron chi connectivity index (χ0n) is 12.9. The number of hydrogen-bond acceptors (Lipinski definition) is 5. The Morgan fingerprint density at radius 1 is 1.33 bits per heavy atom. The topological polar surface area (TPSA) is 63.7 Å². The Hall–Kier alpha value is -1.67. The first-order chi connectivity index (χ1) is 11.4. The first-order valence-corrected chi connectivity index (χ1v) is 9.56. The number of carbonyl (C=O) groups is 1. The van der Waals surface area contributed by atoms with Crippen molar-refractivity contribution in [1.29, 1.82) is 0 Å². The highest BCUT2D eigenvalue weighted by Gasteiger charge is 2.29. The van der Waals surface area contributed by atoms with Gasteiger partial charge in [-0.3, -0.25) is 0 Å². The van der Waals surface area contributed by atoms with Crippen molar-refractivity contribution >= 4 is 38.9 Å². The predicted octanol–water partition coefficient (Wildman–Crippen LogP) is 3.57. The number of carbonyl (C=O) groups excluding carboxylic acids is 1. The van der Waals surface area contributed by atoms with E-state index in [-0.39, 0.29) is 23.5 Å². The molecule has 0 amide bonds. The molecule has 8 heteroatoms. The molecule has 24 heavy (non-hydrogen) atoms. The Kier molecular flexibility index (Phi) is 6.17. The highest BCUT2D eigenvalue weighted by Crippen LogP contribution is 2.27. The standard InChI is InChI=1S/C16H16ClNO4S2/c1-3-10-18(11-12-8-9-15(17)23-12)24(20,21)14-7-5-4-6-13(14)16(19)22-2/h3-9H,1,10-11H2,2H3. The van der Waals surface area contributed by atoms with Crippen LogP contribution >= 0.6 is 22.9 Å². The summed E-state index contributed by atoms with van der Waals surface area (Å²) in [5, 5.41) is 0. The fourth-order valence-electron chi connectivity index (χ4n) is 2.11. The largest absolute Gasteiger partial charge is 0.465 e. The van der Waals surface area contributed by atoms with Crippen LogP contribution in [0.4, 0.5) is 0 Å². The number of nitrogens with zero attached hydrogens (tertiary/aromatic N) is 1. The monoisotopic (exact) mass is 385 g/mol. The summed E-state index contributed by atoms with van der Waals surface area (Å²) in [6, 6.07) is 9.44. The molecule has 2 rings (SSSR count). The zero-order chi connectivity index (χ0) is 17.7. The molecular formula is C16H16ClNO4S2. The molecule has 1 aromatic heterocycles. The molecule has 0 bridgehead atoms. The van der Waals surface area contributed by atoms with E-state index >= 15 is 0 Å². The summed E-state index contributed by atoms with van der Waals surface area (Å²) in [6.07, 6.45) is 1.49. The van der Waals surface area contributed by atoms with Gasteiger partial charge >= 0.3 is 5.97 Å². The number of sulfonamides is 1. The fourth-order valence-corrected chi connectivity index (χ4v) is 4.87. The molecular weight excluding hydrogens is 370 g/mol. The van der Waals surface area contributed by atoms with E-state index in [4.69, 9.17) is 11.6 Å². The number of esters is 1. The molecule has 0 saturated heterocycles. The number of benzene rings is 1. The van der Waals surface area contributed by atoms with E-state index < -0.39 is 16.0 Å². The first kappa shape index (κ1) is 18.7. The van der Waals surface area contributed by atoms with Crippen LogP contribution in [0.15, 0.2) is 53.9 Å². The Morgan fingerprint density at radius 2 is 2.04 bits per heavy atom. The van der Waals surface area contributed by atoms with Crippen molar-refractivity contribution < 1.29 is 17.9 Å². The highest BCUT2D eigenvalue weighted by molar-refractivity contribution is 7.89. The van der Waals surface area contributed by atoms with Gasteiger partial charge < -0.3 is 4.74 Å². The summed E-state index contributed by atoms with van der Waals surface area (Å²) in [7, 11) is -2.70. The van der Waals surface area contributed by atoms with E-state index in [0.717, 1.165) is 4.88 Å². The lowest BCUT2D eigenvalue weighted by Gasteiger charge is -2.21. The second kappa shape index (κ2) is 7.94. The molecule has 0 fully saturated rings. The van der Waals surface area contributed by atoms with Gasteiger partial charge in [-0.2, -0.15) is 4.31 Å². The van der Waals surface area contributed by atoms with Crippen molar-refractivity contribution in [3.8, 4) is 0 Å². The van der Waals surface area contributed by atoms with Crippen LogP contribution in [0.25, 0.3) is 0 Å². The van der Waals surface area contributed by atoms with Crippen LogP contribution in [0.3, 0.4) is 0 Å². The van der Waals surface area contributed by atoms with Gasteiger partial charge in [-0.1, -0.05) is 29.8 Å². The van der Waals surface area contributed by atoms with Crippen LogP contribution in [0, 0.1) is 0 Å². The predicted molar refractivity (Wildman–Crippen MR) is 94.9 cm³/mol. The molecule has 0 aliphatic carbocycles. The molecule has 1 heterocycles. The molecule has 0 atom stereocenters. The lowest BCUT2D eigenvalue weighted by atomic mass is 10.2. The van der Waals surface area contributed by atoms with Crippen molar-refractivity contribution in [2.45, 2.75) is 11.4 Å². The quantitative estimate of drug-likeness (QED) is 0.540. The average Bonchev–Trinajstić information content (AvgIpc) is 2.98. The zero-order valence-corrected chi connectivity index (χ0v) is 15.3. The summed E-state index contributed by atoms with van der Waals surface area (Å²) in [5.41, 5.74) is -0.00160. The van der Waals surface area contributed by atoms with Gasteiger partial charge in [0, 0.05) is 18.0 Å². The molecule has 5 nitrogen and oxygen atoms in total. The van der Waals surface area contributed by atoms with Crippen molar-refractivity contribution in [3.05, 3.63) is 63.8 Å². The summed E-state index contributed by atoms with van der Waals surface area (Å²) in [4.78, 5) is 12.6. The minimum Gasteiger partial charge on any atom is -0.465 e. The maximum atomic E-state index is 13.0. The Morgan fingerprint density at radius 3 is 2.62 bits per heavy atom. The fraction of sp³-hybridized carbons (Fsp3) is 0.188. The maximum Gasteiger partial charge on any atom is 0.339 e. The van der Waals surface area contributed by atoms with Crippen molar-refractivity contribution in [3.63, 3.8) is 0 Å². The van der Waals surface area contributed by atoms with Crippen LogP contribution in [-0.2, 0) is 21.3 Å². The molecule has 128 valence electrons. The van der Waals surface area contributed by atoms with Crippen LogP contribution in [0.2, 0.25) is 4.34 Å². The number of rotatable bonds is 7. The summed E-state index contributed by atoms with van der Waals surface area (Å²) in [5.74, 6) is -0.702. The SMILES string of the molecule is C=CCN(Cc1ccc(Cl)s1)S(=O)(=O)c1ccccc1C(=O)OC. The van der Waals surface area contributed by atoms with Gasteiger partial charge in [0.25, 0.3) is 0 Å². The molecule has 0 unspecified atom stereocenters. The van der Waals surface area contributed by atoms with E-state index in [9.17, 15) is 13.2 Å². The maximum absolute atomic E-state index is 13.0. The normalized spacial score (nSPS) is 11.5. The van der Waals surface area contributed by atoms with Gasteiger partial charge in [0.1, 0.15) is 0 Å². The van der Waals surface area contributed by atoms with Crippen molar-refractivity contribution in [2.75, 3.05) is 13.7 Å². The lowest BCUT2D eigenvalue weighted by Crippen LogP contribution is -2.31. The molecule has 0 radical (unpaired) electrons. The lowest BCUT2D eigenvalue weighted by molar-refractivity contribution is 0.0596. The van der Waals surface area contributed by atoms with E-state index in [2.05, 4.69) is 11.3 Å².